The normalized spacial score (nSPS) is 11.0. The number of aryl methyl sites for hydroxylation is 1. The molecular weight excluding hydrogens is 678 g/mol. The number of halogens is 2. The van der Waals surface area contributed by atoms with Gasteiger partial charge in [-0.2, -0.15) is 5.10 Å². The summed E-state index contributed by atoms with van der Waals surface area (Å²) in [6.45, 7) is 4.66. The molecule has 0 saturated heterocycles. The summed E-state index contributed by atoms with van der Waals surface area (Å²) in [5, 5.41) is 10.2. The molecule has 1 aromatic heterocycles. The molecule has 7 nitrogen and oxygen atoms in total. The van der Waals surface area contributed by atoms with Gasteiger partial charge in [0.1, 0.15) is 12.4 Å². The molecule has 0 spiro atoms. The first-order valence-electron chi connectivity index (χ1n) is 13.4. The second-order valence-electron chi connectivity index (χ2n) is 9.48. The van der Waals surface area contributed by atoms with Crippen molar-refractivity contribution in [3.63, 3.8) is 0 Å². The third kappa shape index (κ3) is 8.17. The minimum Gasteiger partial charge on any atom is -0.490 e. The third-order valence-electron chi connectivity index (χ3n) is 6.26. The first-order chi connectivity index (χ1) is 20.9. The van der Waals surface area contributed by atoms with Crippen LogP contribution in [0.25, 0.3) is 11.3 Å². The van der Waals surface area contributed by atoms with Gasteiger partial charge in [0.25, 0.3) is 5.91 Å². The smallest absolute Gasteiger partial charge is 0.271 e. The first kappa shape index (κ1) is 30.2. The van der Waals surface area contributed by atoms with Crippen LogP contribution in [-0.2, 0) is 6.61 Å². The van der Waals surface area contributed by atoms with Crippen LogP contribution in [0.1, 0.15) is 34.0 Å². The van der Waals surface area contributed by atoms with Crippen LogP contribution in [0.15, 0.2) is 95.4 Å². The largest absolute Gasteiger partial charge is 0.490 e. The number of carbonyl (C=O) groups is 1. The first-order valence-corrected chi connectivity index (χ1v) is 15.4. The number of hydrogen-bond acceptors (Lipinski definition) is 7. The molecule has 0 saturated carbocycles. The summed E-state index contributed by atoms with van der Waals surface area (Å²) in [5.74, 6) is 0.518. The Morgan fingerprint density at radius 2 is 1.77 bits per heavy atom. The van der Waals surface area contributed by atoms with E-state index in [0.717, 1.165) is 36.8 Å². The summed E-state index contributed by atoms with van der Waals surface area (Å²) >= 11 is 3.69. The van der Waals surface area contributed by atoms with E-state index < -0.39 is 0 Å². The van der Waals surface area contributed by atoms with Gasteiger partial charge < -0.3 is 14.8 Å². The predicted octanol–water partition coefficient (Wildman–Crippen LogP) is 8.35. The zero-order valence-electron chi connectivity index (χ0n) is 23.4. The molecule has 43 heavy (non-hydrogen) atoms. The number of ether oxygens (including phenoxy) is 2. The molecule has 0 bridgehead atoms. The lowest BCUT2D eigenvalue weighted by Crippen LogP contribution is -2.17. The van der Waals surface area contributed by atoms with E-state index >= 15 is 0 Å². The number of rotatable bonds is 11. The molecule has 0 radical (unpaired) electrons. The summed E-state index contributed by atoms with van der Waals surface area (Å²) in [5.41, 5.74) is 8.55. The number of thiazole rings is 1. The summed E-state index contributed by atoms with van der Waals surface area (Å²) < 4.78 is 25.8. The number of nitrogens with one attached hydrogen (secondary N) is 2. The van der Waals surface area contributed by atoms with Crippen LogP contribution in [0.2, 0.25) is 0 Å². The van der Waals surface area contributed by atoms with Gasteiger partial charge in [0, 0.05) is 22.2 Å². The highest BCUT2D eigenvalue weighted by Gasteiger charge is 2.13. The van der Waals surface area contributed by atoms with Gasteiger partial charge in [0.2, 0.25) is 0 Å². The van der Waals surface area contributed by atoms with Crippen LogP contribution >= 0.6 is 33.9 Å². The Hall–Kier alpha value is -4.29. The van der Waals surface area contributed by atoms with Crippen LogP contribution in [-0.4, -0.2) is 23.7 Å². The SMILES string of the molecule is CCOc1cc(/C=N\NC(=O)c2ccc(-c3csc(Nc4ccc(C)cc4)n3)cc2)cc(I)c1OCc1ccc(F)cc1. The van der Waals surface area contributed by atoms with E-state index in [1.807, 2.05) is 54.8 Å². The Bertz CT molecular complexity index is 1720. The zero-order valence-corrected chi connectivity index (χ0v) is 26.4. The lowest BCUT2D eigenvalue weighted by atomic mass is 10.1. The Balaban J connectivity index is 1.19. The lowest BCUT2D eigenvalue weighted by Gasteiger charge is -2.14. The minimum absolute atomic E-state index is 0.270. The fourth-order valence-corrected chi connectivity index (χ4v) is 5.57. The van der Waals surface area contributed by atoms with Crippen molar-refractivity contribution in [2.45, 2.75) is 20.5 Å². The Kier molecular flexibility index (Phi) is 10.0. The van der Waals surface area contributed by atoms with Crippen molar-refractivity contribution in [3.8, 4) is 22.8 Å². The molecule has 5 aromatic rings. The van der Waals surface area contributed by atoms with Gasteiger partial charge in [-0.1, -0.05) is 42.0 Å². The Morgan fingerprint density at radius 3 is 2.49 bits per heavy atom. The van der Waals surface area contributed by atoms with Crippen molar-refractivity contribution in [1.29, 1.82) is 0 Å². The molecule has 10 heteroatoms. The van der Waals surface area contributed by atoms with Crippen LogP contribution in [0.4, 0.5) is 15.2 Å². The van der Waals surface area contributed by atoms with Crippen molar-refractivity contribution in [2.75, 3.05) is 11.9 Å². The van der Waals surface area contributed by atoms with E-state index in [0.29, 0.717) is 23.7 Å². The molecule has 0 aliphatic carbocycles. The highest BCUT2D eigenvalue weighted by molar-refractivity contribution is 14.1. The molecule has 0 atom stereocenters. The standard InChI is InChI=1S/C33H28FIN4O3S/c1-3-41-30-17-23(16-28(35)31(30)42-19-22-6-12-26(34)13-7-22)18-36-39-32(40)25-10-8-24(9-11-25)29-20-43-33(38-29)37-27-14-4-21(2)5-15-27/h4-18,20H,3,19H2,1-2H3,(H,37,38)(H,39,40)/b36-18-. The van der Waals surface area contributed by atoms with E-state index in [-0.39, 0.29) is 18.3 Å². The maximum atomic E-state index is 13.2. The fourth-order valence-electron chi connectivity index (χ4n) is 4.05. The number of benzene rings is 4. The second kappa shape index (κ2) is 14.3. The second-order valence-corrected chi connectivity index (χ2v) is 11.5. The van der Waals surface area contributed by atoms with E-state index in [4.69, 9.17) is 9.47 Å². The average Bonchev–Trinajstić information content (AvgIpc) is 3.47. The zero-order chi connectivity index (χ0) is 30.2. The van der Waals surface area contributed by atoms with Crippen molar-refractivity contribution in [3.05, 3.63) is 122 Å². The molecule has 0 fully saturated rings. The van der Waals surface area contributed by atoms with Crippen LogP contribution in [0, 0.1) is 16.3 Å². The topological polar surface area (TPSA) is 84.8 Å². The van der Waals surface area contributed by atoms with Crippen molar-refractivity contribution in [1.82, 2.24) is 10.4 Å². The van der Waals surface area contributed by atoms with Gasteiger partial charge in [-0.25, -0.2) is 14.8 Å². The summed E-state index contributed by atoms with van der Waals surface area (Å²) in [4.78, 5) is 17.4. The Morgan fingerprint density at radius 1 is 1.02 bits per heavy atom. The monoisotopic (exact) mass is 706 g/mol. The quantitative estimate of drug-likeness (QED) is 0.0820. The molecule has 1 amide bonds. The molecule has 0 aliphatic rings. The van der Waals surface area contributed by atoms with E-state index in [1.54, 1.807) is 36.5 Å². The summed E-state index contributed by atoms with van der Waals surface area (Å²) in [6, 6.07) is 25.2. The van der Waals surface area contributed by atoms with Gasteiger partial charge in [0.15, 0.2) is 16.6 Å². The highest BCUT2D eigenvalue weighted by atomic mass is 127. The molecule has 5 rings (SSSR count). The number of anilines is 2. The van der Waals surface area contributed by atoms with Crippen molar-refractivity contribution < 1.29 is 18.7 Å². The molecular formula is C33H28FIN4O3S. The van der Waals surface area contributed by atoms with Gasteiger partial charge >= 0.3 is 0 Å². The number of hydrogen-bond donors (Lipinski definition) is 2. The maximum absolute atomic E-state index is 13.2. The number of nitrogens with zero attached hydrogens (tertiary/aromatic N) is 2. The fraction of sp³-hybridized carbons (Fsp3) is 0.121. The van der Waals surface area contributed by atoms with Crippen LogP contribution < -0.4 is 20.2 Å². The van der Waals surface area contributed by atoms with Crippen molar-refractivity contribution >= 4 is 56.9 Å². The number of amides is 1. The van der Waals surface area contributed by atoms with E-state index in [1.165, 1.54) is 29.0 Å². The molecule has 0 unspecified atom stereocenters. The van der Waals surface area contributed by atoms with Crippen molar-refractivity contribution in [2.24, 2.45) is 5.10 Å². The van der Waals surface area contributed by atoms with Crippen LogP contribution in [0.3, 0.4) is 0 Å². The van der Waals surface area contributed by atoms with E-state index in [2.05, 4.69) is 50.3 Å². The lowest BCUT2D eigenvalue weighted by molar-refractivity contribution is 0.0955. The summed E-state index contributed by atoms with van der Waals surface area (Å²) in [7, 11) is 0. The predicted molar refractivity (Wildman–Crippen MR) is 178 cm³/mol. The average molecular weight is 707 g/mol. The summed E-state index contributed by atoms with van der Waals surface area (Å²) in [6.07, 6.45) is 1.55. The number of carbonyl (C=O) groups excluding carboxylic acids is 1. The van der Waals surface area contributed by atoms with Crippen LogP contribution in [0.5, 0.6) is 11.5 Å². The van der Waals surface area contributed by atoms with Gasteiger partial charge in [-0.05, 0) is 96.1 Å². The third-order valence-corrected chi connectivity index (χ3v) is 7.82. The molecule has 218 valence electrons. The number of hydrazone groups is 1. The molecule has 2 N–H and O–H groups in total. The van der Waals surface area contributed by atoms with Gasteiger partial charge in [0.05, 0.1) is 22.1 Å². The highest BCUT2D eigenvalue weighted by Crippen LogP contribution is 2.34. The molecule has 4 aromatic carbocycles. The van der Waals surface area contributed by atoms with Gasteiger partial charge in [-0.15, -0.1) is 11.3 Å². The minimum atomic E-state index is -0.332. The number of aromatic nitrogens is 1. The molecule has 0 aliphatic heterocycles. The maximum Gasteiger partial charge on any atom is 0.271 e. The molecule has 1 heterocycles. The van der Waals surface area contributed by atoms with E-state index in [9.17, 15) is 9.18 Å². The Labute approximate surface area is 266 Å². The van der Waals surface area contributed by atoms with Gasteiger partial charge in [-0.3, -0.25) is 4.79 Å².